The van der Waals surface area contributed by atoms with Crippen molar-refractivity contribution >= 4 is 37.3 Å². The Kier molecular flexibility index (Phi) is 8.67. The summed E-state index contributed by atoms with van der Waals surface area (Å²) < 4.78 is 41.5. The lowest BCUT2D eigenvalue weighted by Gasteiger charge is -2.38. The maximum atomic E-state index is 15.2. The Labute approximate surface area is 216 Å². The summed E-state index contributed by atoms with van der Waals surface area (Å²) in [6, 6.07) is 1.73. The number of hydrogen-bond donors (Lipinski definition) is 2. The number of H-pyrrole nitrogens is 1. The van der Waals surface area contributed by atoms with Crippen LogP contribution in [0.2, 0.25) is 18.1 Å². The number of carbonyl (C=O) groups is 1. The van der Waals surface area contributed by atoms with Gasteiger partial charge in [0, 0.05) is 32.4 Å². The molecule has 2 aromatic rings. The first-order chi connectivity index (χ1) is 16.8. The van der Waals surface area contributed by atoms with Gasteiger partial charge in [0.1, 0.15) is 35.7 Å². The van der Waals surface area contributed by atoms with Gasteiger partial charge in [-0.3, -0.25) is 9.89 Å². The van der Waals surface area contributed by atoms with E-state index >= 15 is 8.78 Å². The normalized spacial score (nSPS) is 15.6. The van der Waals surface area contributed by atoms with E-state index in [4.69, 9.17) is 21.4 Å². The Morgan fingerprint density at radius 3 is 2.33 bits per heavy atom. The second kappa shape index (κ2) is 11.2. The zero-order valence-corrected chi connectivity index (χ0v) is 23.3. The summed E-state index contributed by atoms with van der Waals surface area (Å²) in [6.07, 6.45) is 1.50. The molecule has 0 radical (unpaired) electrons. The number of nitrogens with one attached hydrogen (secondary N) is 2. The van der Waals surface area contributed by atoms with E-state index in [1.165, 1.54) is 25.4 Å². The number of amides is 1. The standard InChI is InChI=1S/C23H34F2N6O3SSi/c1-23(2,3)36(5,6)34-14-19(32)30-7-9-31(10-8-30)21-16(24)11-15(12-17(21)25)20(27-22(35)33-4)18-13-26-29-28-18/h11-13,20H,7-10,14H2,1-6H3,(H,27,35)(H,26,28,29). The van der Waals surface area contributed by atoms with Gasteiger partial charge >= 0.3 is 0 Å². The van der Waals surface area contributed by atoms with Crippen LogP contribution in [0, 0.1) is 11.6 Å². The average molecular weight is 541 g/mol. The molecule has 36 heavy (non-hydrogen) atoms. The Balaban J connectivity index is 1.69. The summed E-state index contributed by atoms with van der Waals surface area (Å²) in [6.45, 7) is 11.9. The minimum atomic E-state index is -2.05. The number of aromatic nitrogens is 3. The first kappa shape index (κ1) is 27.9. The van der Waals surface area contributed by atoms with Crippen LogP contribution in [0.15, 0.2) is 18.3 Å². The van der Waals surface area contributed by atoms with Crippen molar-refractivity contribution in [3.63, 3.8) is 0 Å². The van der Waals surface area contributed by atoms with Gasteiger partial charge in [-0.25, -0.2) is 8.78 Å². The topological polar surface area (TPSA) is 95.6 Å². The SMILES string of the molecule is COC(=S)NC(c1cc(F)c(N2CCN(C(=O)CO[Si](C)(C)C(C)(C)C)CC2)c(F)c1)c1c[nH]nn1. The lowest BCUT2D eigenvalue weighted by Crippen LogP contribution is -2.51. The molecule has 3 rings (SSSR count). The summed E-state index contributed by atoms with van der Waals surface area (Å²) in [5.74, 6) is -1.54. The number of hydrogen-bond acceptors (Lipinski definition) is 7. The molecule has 1 atom stereocenters. The monoisotopic (exact) mass is 540 g/mol. The molecule has 9 nitrogen and oxygen atoms in total. The molecule has 1 unspecified atom stereocenters. The van der Waals surface area contributed by atoms with E-state index in [0.717, 1.165) is 0 Å². The number of nitrogens with zero attached hydrogens (tertiary/aromatic N) is 4. The molecule has 1 aliphatic heterocycles. The molecular formula is C23H34F2N6O3SSi. The number of aromatic amines is 1. The number of thiocarbonyl (C=S) groups is 1. The van der Waals surface area contributed by atoms with Gasteiger partial charge in [0.15, 0.2) is 8.32 Å². The van der Waals surface area contributed by atoms with E-state index in [2.05, 4.69) is 54.6 Å². The van der Waals surface area contributed by atoms with E-state index in [9.17, 15) is 4.79 Å². The van der Waals surface area contributed by atoms with E-state index in [-0.39, 0.29) is 34.0 Å². The molecule has 13 heteroatoms. The molecule has 1 amide bonds. The van der Waals surface area contributed by atoms with E-state index in [0.29, 0.717) is 31.9 Å². The highest BCUT2D eigenvalue weighted by molar-refractivity contribution is 7.80. The molecule has 198 valence electrons. The van der Waals surface area contributed by atoms with E-state index in [1.54, 1.807) is 9.80 Å². The van der Waals surface area contributed by atoms with Gasteiger partial charge in [-0.15, -0.1) is 5.10 Å². The number of benzene rings is 1. The first-order valence-corrected chi connectivity index (χ1v) is 15.0. The van der Waals surface area contributed by atoms with Crippen LogP contribution in [-0.4, -0.2) is 79.6 Å². The number of methoxy groups -OCH3 is 1. The van der Waals surface area contributed by atoms with Crippen LogP contribution in [0.5, 0.6) is 0 Å². The summed E-state index contributed by atoms with van der Waals surface area (Å²) in [5, 5.41) is 13.1. The molecule has 1 fully saturated rings. The van der Waals surface area contributed by atoms with Gasteiger partial charge in [-0.1, -0.05) is 26.0 Å². The summed E-state index contributed by atoms with van der Waals surface area (Å²) in [7, 11) is -0.656. The first-order valence-electron chi connectivity index (χ1n) is 11.7. The number of carbonyl (C=O) groups excluding carboxylic acids is 1. The Hall–Kier alpha value is -2.64. The van der Waals surface area contributed by atoms with Crippen molar-refractivity contribution in [2.75, 3.05) is 44.8 Å². The third kappa shape index (κ3) is 6.37. The fourth-order valence-corrected chi connectivity index (χ4v) is 4.67. The lowest BCUT2D eigenvalue weighted by molar-refractivity contribution is -0.134. The third-order valence-corrected chi connectivity index (χ3v) is 11.6. The van der Waals surface area contributed by atoms with Crippen LogP contribution in [-0.2, 0) is 14.0 Å². The third-order valence-electron chi connectivity index (χ3n) is 6.86. The second-order valence-corrected chi connectivity index (χ2v) is 15.4. The van der Waals surface area contributed by atoms with Gasteiger partial charge in [0.2, 0.25) is 5.91 Å². The van der Waals surface area contributed by atoms with Crippen molar-refractivity contribution in [2.24, 2.45) is 0 Å². The van der Waals surface area contributed by atoms with Gasteiger partial charge in [0.25, 0.3) is 5.17 Å². The second-order valence-electron chi connectivity index (χ2n) is 10.2. The Bertz CT molecular complexity index is 1050. The molecule has 0 aliphatic carbocycles. The summed E-state index contributed by atoms with van der Waals surface area (Å²) in [5.41, 5.74) is 0.545. The fraction of sp³-hybridized carbons (Fsp3) is 0.565. The molecule has 2 N–H and O–H groups in total. The van der Waals surface area contributed by atoms with Crippen molar-refractivity contribution in [1.82, 2.24) is 25.6 Å². The molecule has 1 aromatic heterocycles. The molecule has 1 saturated heterocycles. The molecule has 0 saturated carbocycles. The minimum absolute atomic E-state index is 0.00384. The van der Waals surface area contributed by atoms with Crippen molar-refractivity contribution in [1.29, 1.82) is 0 Å². The van der Waals surface area contributed by atoms with Crippen molar-refractivity contribution in [3.8, 4) is 0 Å². The quantitative estimate of drug-likeness (QED) is 0.408. The number of ether oxygens (including phenoxy) is 1. The number of halogens is 2. The highest BCUT2D eigenvalue weighted by Gasteiger charge is 2.38. The summed E-state index contributed by atoms with van der Waals surface area (Å²) >= 11 is 5.06. The number of piperazine rings is 1. The Morgan fingerprint density at radius 1 is 1.22 bits per heavy atom. The van der Waals surface area contributed by atoms with Gasteiger partial charge < -0.3 is 24.3 Å². The molecule has 0 spiro atoms. The van der Waals surface area contributed by atoms with Gasteiger partial charge in [-0.2, -0.15) is 0 Å². The zero-order chi connectivity index (χ0) is 26.7. The molecule has 1 aromatic carbocycles. The van der Waals surface area contributed by atoms with Crippen LogP contribution in [0.25, 0.3) is 0 Å². The van der Waals surface area contributed by atoms with E-state index < -0.39 is 26.0 Å². The van der Waals surface area contributed by atoms with E-state index in [1.807, 2.05) is 0 Å². The summed E-state index contributed by atoms with van der Waals surface area (Å²) in [4.78, 5) is 16.0. The predicted octanol–water partition coefficient (Wildman–Crippen LogP) is 3.36. The van der Waals surface area contributed by atoms with Crippen LogP contribution >= 0.6 is 12.2 Å². The molecule has 0 bridgehead atoms. The zero-order valence-electron chi connectivity index (χ0n) is 21.5. The molecular weight excluding hydrogens is 506 g/mol. The van der Waals surface area contributed by atoms with Crippen LogP contribution < -0.4 is 10.2 Å². The highest BCUT2D eigenvalue weighted by atomic mass is 32.1. The van der Waals surface area contributed by atoms with Crippen molar-refractivity contribution in [2.45, 2.75) is 44.9 Å². The highest BCUT2D eigenvalue weighted by Crippen LogP contribution is 2.36. The average Bonchev–Trinajstić information content (AvgIpc) is 3.34. The predicted molar refractivity (Wildman–Crippen MR) is 139 cm³/mol. The fourth-order valence-electron chi connectivity index (χ4n) is 3.64. The van der Waals surface area contributed by atoms with Gasteiger partial charge in [-0.05, 0) is 48.0 Å². The maximum absolute atomic E-state index is 15.2. The maximum Gasteiger partial charge on any atom is 0.257 e. The van der Waals surface area contributed by atoms with Crippen molar-refractivity contribution in [3.05, 3.63) is 41.2 Å². The number of anilines is 1. The van der Waals surface area contributed by atoms with Crippen LogP contribution in [0.1, 0.15) is 38.1 Å². The van der Waals surface area contributed by atoms with Crippen LogP contribution in [0.3, 0.4) is 0 Å². The molecule has 1 aliphatic rings. The van der Waals surface area contributed by atoms with Crippen molar-refractivity contribution < 1.29 is 22.7 Å². The largest absolute Gasteiger partial charge is 0.474 e. The van der Waals surface area contributed by atoms with Crippen LogP contribution in [0.4, 0.5) is 14.5 Å². The molecule has 2 heterocycles. The van der Waals surface area contributed by atoms with Gasteiger partial charge in [0.05, 0.1) is 7.11 Å². The lowest BCUT2D eigenvalue weighted by atomic mass is 10.0. The minimum Gasteiger partial charge on any atom is -0.474 e. The number of rotatable bonds is 7. The Morgan fingerprint density at radius 2 is 1.83 bits per heavy atom. The smallest absolute Gasteiger partial charge is 0.257 e.